The fourth-order valence-electron chi connectivity index (χ4n) is 4.14. The van der Waals surface area contributed by atoms with Gasteiger partial charge in [-0.3, -0.25) is 9.69 Å². The predicted molar refractivity (Wildman–Crippen MR) is 129 cm³/mol. The number of nitrogens with one attached hydrogen (secondary N) is 1. The molecule has 4 rings (SSSR count). The van der Waals surface area contributed by atoms with E-state index in [0.717, 1.165) is 30.0 Å². The number of hydrogen-bond donors (Lipinski definition) is 1. The van der Waals surface area contributed by atoms with Crippen molar-refractivity contribution < 1.29 is 13.9 Å². The molecule has 0 bridgehead atoms. The highest BCUT2D eigenvalue weighted by molar-refractivity contribution is 5.78. The zero-order valence-electron chi connectivity index (χ0n) is 19.1. The van der Waals surface area contributed by atoms with Gasteiger partial charge in [0.25, 0.3) is 5.91 Å². The standard InChI is InChI=1S/C27H30FN3O2/c1-20-17-31(21(2)16-30(20)18-22-8-10-23(28)11-9-22)27(32)19-33-26-14-12-25(13-15-26)29-24-6-4-3-5-7-24/h3-15,20-21,29H,16-19H2,1-2H3. The van der Waals surface area contributed by atoms with Crippen LogP contribution < -0.4 is 10.1 Å². The van der Waals surface area contributed by atoms with E-state index >= 15 is 0 Å². The highest BCUT2D eigenvalue weighted by Gasteiger charge is 2.32. The number of anilines is 2. The molecule has 0 saturated carbocycles. The van der Waals surface area contributed by atoms with Crippen molar-refractivity contribution >= 4 is 17.3 Å². The third-order valence-corrected chi connectivity index (χ3v) is 6.01. The Kier molecular flexibility index (Phi) is 7.25. The monoisotopic (exact) mass is 447 g/mol. The van der Waals surface area contributed by atoms with Gasteiger partial charge in [0.05, 0.1) is 0 Å². The normalized spacial score (nSPS) is 18.7. The predicted octanol–water partition coefficient (Wildman–Crippen LogP) is 5.07. The third kappa shape index (κ3) is 6.11. The van der Waals surface area contributed by atoms with Crippen LogP contribution in [0.25, 0.3) is 0 Å². The van der Waals surface area contributed by atoms with Gasteiger partial charge in [0.1, 0.15) is 11.6 Å². The fraction of sp³-hybridized carbons (Fsp3) is 0.296. The first-order valence-corrected chi connectivity index (χ1v) is 11.3. The van der Waals surface area contributed by atoms with Crippen molar-refractivity contribution in [1.29, 1.82) is 0 Å². The summed E-state index contributed by atoms with van der Waals surface area (Å²) in [5, 5.41) is 3.33. The summed E-state index contributed by atoms with van der Waals surface area (Å²) < 4.78 is 19.0. The van der Waals surface area contributed by atoms with E-state index in [1.54, 1.807) is 0 Å². The molecule has 1 N–H and O–H groups in total. The van der Waals surface area contributed by atoms with Crippen LogP contribution in [0.3, 0.4) is 0 Å². The molecular weight excluding hydrogens is 417 g/mol. The molecule has 0 aliphatic carbocycles. The van der Waals surface area contributed by atoms with Gasteiger partial charge in [-0.15, -0.1) is 0 Å². The van der Waals surface area contributed by atoms with Gasteiger partial charge in [-0.05, 0) is 67.9 Å². The summed E-state index contributed by atoms with van der Waals surface area (Å²) in [6, 6.07) is 24.5. The van der Waals surface area contributed by atoms with Crippen LogP contribution >= 0.6 is 0 Å². The Hall–Kier alpha value is -3.38. The quantitative estimate of drug-likeness (QED) is 0.549. The lowest BCUT2D eigenvalue weighted by molar-refractivity contribution is -0.139. The van der Waals surface area contributed by atoms with Gasteiger partial charge >= 0.3 is 0 Å². The SMILES string of the molecule is CC1CN(C(=O)COc2ccc(Nc3ccccc3)cc2)C(C)CN1Cc1ccc(F)cc1. The number of carbonyl (C=O) groups is 1. The Balaban J connectivity index is 1.27. The van der Waals surface area contributed by atoms with Crippen molar-refractivity contribution in [3.8, 4) is 5.75 Å². The average Bonchev–Trinajstić information content (AvgIpc) is 2.82. The number of nitrogens with zero attached hydrogens (tertiary/aromatic N) is 2. The summed E-state index contributed by atoms with van der Waals surface area (Å²) in [6.07, 6.45) is 0. The molecule has 1 aliphatic rings. The first kappa shape index (κ1) is 22.8. The van der Waals surface area contributed by atoms with Gasteiger partial charge in [0.15, 0.2) is 6.61 Å². The van der Waals surface area contributed by atoms with Crippen molar-refractivity contribution in [3.05, 3.63) is 90.2 Å². The first-order chi connectivity index (χ1) is 16.0. The molecule has 1 amide bonds. The molecule has 1 fully saturated rings. The van der Waals surface area contributed by atoms with E-state index in [1.165, 1.54) is 12.1 Å². The summed E-state index contributed by atoms with van der Waals surface area (Å²) in [7, 11) is 0. The van der Waals surface area contributed by atoms with E-state index in [0.29, 0.717) is 12.3 Å². The Morgan fingerprint density at radius 1 is 0.909 bits per heavy atom. The fourth-order valence-corrected chi connectivity index (χ4v) is 4.14. The lowest BCUT2D eigenvalue weighted by Crippen LogP contribution is -2.58. The van der Waals surface area contributed by atoms with Crippen molar-refractivity contribution in [2.24, 2.45) is 0 Å². The smallest absolute Gasteiger partial charge is 0.260 e. The Bertz CT molecular complexity index is 1040. The average molecular weight is 448 g/mol. The molecule has 1 heterocycles. The molecule has 172 valence electrons. The molecule has 6 heteroatoms. The molecular formula is C27H30FN3O2. The zero-order valence-corrected chi connectivity index (χ0v) is 19.1. The molecule has 0 radical (unpaired) electrons. The molecule has 0 spiro atoms. The van der Waals surface area contributed by atoms with Crippen LogP contribution in [-0.2, 0) is 11.3 Å². The molecule has 2 atom stereocenters. The zero-order chi connectivity index (χ0) is 23.2. The van der Waals surface area contributed by atoms with Gasteiger partial charge in [-0.2, -0.15) is 0 Å². The Morgan fingerprint density at radius 2 is 1.58 bits per heavy atom. The minimum Gasteiger partial charge on any atom is -0.484 e. The maximum Gasteiger partial charge on any atom is 0.260 e. The van der Waals surface area contributed by atoms with Crippen LogP contribution in [0, 0.1) is 5.82 Å². The lowest BCUT2D eigenvalue weighted by atomic mass is 10.1. The van der Waals surface area contributed by atoms with Gasteiger partial charge in [0, 0.05) is 43.1 Å². The summed E-state index contributed by atoms with van der Waals surface area (Å²) in [5.74, 6) is 0.428. The second-order valence-electron chi connectivity index (χ2n) is 8.60. The first-order valence-electron chi connectivity index (χ1n) is 11.3. The Labute approximate surface area is 194 Å². The van der Waals surface area contributed by atoms with Crippen molar-refractivity contribution in [2.75, 3.05) is 25.0 Å². The number of carbonyl (C=O) groups excluding carboxylic acids is 1. The van der Waals surface area contributed by atoms with E-state index in [2.05, 4.69) is 24.1 Å². The number of ether oxygens (including phenoxy) is 1. The largest absolute Gasteiger partial charge is 0.484 e. The second-order valence-corrected chi connectivity index (χ2v) is 8.60. The van der Waals surface area contributed by atoms with E-state index in [1.807, 2.05) is 71.6 Å². The van der Waals surface area contributed by atoms with E-state index in [4.69, 9.17) is 4.74 Å². The summed E-state index contributed by atoms with van der Waals surface area (Å²) in [5.41, 5.74) is 3.05. The number of piperazine rings is 1. The summed E-state index contributed by atoms with van der Waals surface area (Å²) in [6.45, 7) is 6.35. The van der Waals surface area contributed by atoms with Gasteiger partial charge in [-0.1, -0.05) is 30.3 Å². The number of benzene rings is 3. The molecule has 2 unspecified atom stereocenters. The van der Waals surface area contributed by atoms with E-state index < -0.39 is 0 Å². The van der Waals surface area contributed by atoms with Crippen molar-refractivity contribution in [2.45, 2.75) is 32.5 Å². The van der Waals surface area contributed by atoms with Crippen LogP contribution in [0.4, 0.5) is 15.8 Å². The van der Waals surface area contributed by atoms with Crippen molar-refractivity contribution in [1.82, 2.24) is 9.80 Å². The van der Waals surface area contributed by atoms with Crippen LogP contribution in [0.2, 0.25) is 0 Å². The van der Waals surface area contributed by atoms with Gasteiger partial charge in [0.2, 0.25) is 0 Å². The number of para-hydroxylation sites is 1. The topological polar surface area (TPSA) is 44.8 Å². The van der Waals surface area contributed by atoms with E-state index in [-0.39, 0.29) is 30.4 Å². The van der Waals surface area contributed by atoms with Gasteiger partial charge in [-0.25, -0.2) is 4.39 Å². The second kappa shape index (κ2) is 10.5. The molecule has 1 aliphatic heterocycles. The van der Waals surface area contributed by atoms with Crippen LogP contribution in [-0.4, -0.2) is 47.5 Å². The summed E-state index contributed by atoms with van der Waals surface area (Å²) in [4.78, 5) is 17.1. The van der Waals surface area contributed by atoms with Crippen LogP contribution in [0.15, 0.2) is 78.9 Å². The maximum atomic E-state index is 13.2. The van der Waals surface area contributed by atoms with Gasteiger partial charge < -0.3 is 15.0 Å². The number of amides is 1. The minimum absolute atomic E-state index is 0.0118. The van der Waals surface area contributed by atoms with E-state index in [9.17, 15) is 9.18 Å². The molecule has 3 aromatic rings. The number of hydrogen-bond acceptors (Lipinski definition) is 4. The molecule has 1 saturated heterocycles. The highest BCUT2D eigenvalue weighted by atomic mass is 19.1. The van der Waals surface area contributed by atoms with Crippen LogP contribution in [0.1, 0.15) is 19.4 Å². The number of halogens is 1. The third-order valence-electron chi connectivity index (χ3n) is 6.01. The Morgan fingerprint density at radius 3 is 2.27 bits per heavy atom. The molecule has 33 heavy (non-hydrogen) atoms. The molecule has 3 aromatic carbocycles. The number of rotatable bonds is 7. The lowest BCUT2D eigenvalue weighted by Gasteiger charge is -2.44. The molecule has 5 nitrogen and oxygen atoms in total. The minimum atomic E-state index is -0.224. The van der Waals surface area contributed by atoms with Crippen molar-refractivity contribution in [3.63, 3.8) is 0 Å². The maximum absolute atomic E-state index is 13.2. The highest BCUT2D eigenvalue weighted by Crippen LogP contribution is 2.21. The summed E-state index contributed by atoms with van der Waals surface area (Å²) >= 11 is 0. The van der Waals surface area contributed by atoms with Crippen LogP contribution in [0.5, 0.6) is 5.75 Å². The molecule has 0 aromatic heterocycles.